The molecule has 2 heterocycles. The van der Waals surface area contributed by atoms with Crippen LogP contribution in [-0.2, 0) is 13.1 Å². The number of nitrogens with one attached hydrogen (secondary N) is 1. The molecular formula is C12H16N4O2S. The Bertz CT molecular complexity index is 522. The van der Waals surface area contributed by atoms with Crippen LogP contribution >= 0.6 is 11.3 Å². The van der Waals surface area contributed by atoms with Crippen molar-refractivity contribution in [3.63, 3.8) is 0 Å². The van der Waals surface area contributed by atoms with Gasteiger partial charge in [0.15, 0.2) is 0 Å². The van der Waals surface area contributed by atoms with Crippen molar-refractivity contribution in [1.29, 1.82) is 0 Å². The third kappa shape index (κ3) is 3.39. The first-order valence-corrected chi connectivity index (χ1v) is 6.60. The van der Waals surface area contributed by atoms with Gasteiger partial charge in [-0.2, -0.15) is 0 Å². The molecule has 2 rings (SSSR count). The number of aryl methyl sites for hydroxylation is 1. The first kappa shape index (κ1) is 13.7. The van der Waals surface area contributed by atoms with Gasteiger partial charge in [-0.15, -0.1) is 11.3 Å². The maximum atomic E-state index is 5.21. The molecule has 0 bridgehead atoms. The van der Waals surface area contributed by atoms with Crippen molar-refractivity contribution in [3.05, 3.63) is 28.0 Å². The number of ether oxygens (including phenoxy) is 2. The predicted molar refractivity (Wildman–Crippen MR) is 72.5 cm³/mol. The molecule has 0 radical (unpaired) electrons. The van der Waals surface area contributed by atoms with E-state index in [1.807, 2.05) is 13.1 Å². The maximum absolute atomic E-state index is 5.21. The molecule has 0 aliphatic rings. The number of hydrogen-bond acceptors (Lipinski definition) is 7. The summed E-state index contributed by atoms with van der Waals surface area (Å²) in [5.41, 5.74) is 0.814. The average molecular weight is 280 g/mol. The first-order valence-electron chi connectivity index (χ1n) is 5.78. The van der Waals surface area contributed by atoms with E-state index in [1.54, 1.807) is 25.6 Å². The molecule has 2 aromatic heterocycles. The number of hydrogen-bond donors (Lipinski definition) is 1. The third-order valence-corrected chi connectivity index (χ3v) is 3.44. The lowest BCUT2D eigenvalue weighted by atomic mass is 10.3. The zero-order valence-electron chi connectivity index (χ0n) is 11.1. The van der Waals surface area contributed by atoms with Crippen molar-refractivity contribution < 1.29 is 9.47 Å². The highest BCUT2D eigenvalue weighted by Crippen LogP contribution is 2.23. The molecule has 0 aliphatic carbocycles. The number of thiazole rings is 1. The molecular weight excluding hydrogens is 264 g/mol. The van der Waals surface area contributed by atoms with Gasteiger partial charge in [0.2, 0.25) is 11.8 Å². The normalized spacial score (nSPS) is 10.5. The Morgan fingerprint density at radius 2 is 1.79 bits per heavy atom. The highest BCUT2D eigenvalue weighted by molar-refractivity contribution is 7.11. The van der Waals surface area contributed by atoms with Gasteiger partial charge in [0.05, 0.1) is 24.8 Å². The molecule has 0 unspecified atom stereocenters. The van der Waals surface area contributed by atoms with Crippen molar-refractivity contribution in [1.82, 2.24) is 20.3 Å². The molecule has 2 aromatic rings. The largest absolute Gasteiger partial charge is 0.481 e. The fourth-order valence-corrected chi connectivity index (χ4v) is 2.45. The van der Waals surface area contributed by atoms with Crippen LogP contribution in [0.2, 0.25) is 0 Å². The number of aromatic nitrogens is 3. The van der Waals surface area contributed by atoms with Gasteiger partial charge in [0.25, 0.3) is 0 Å². The minimum atomic E-state index is 0.528. The smallest absolute Gasteiger partial charge is 0.224 e. The maximum Gasteiger partial charge on any atom is 0.224 e. The van der Waals surface area contributed by atoms with Crippen LogP contribution in [0.3, 0.4) is 0 Å². The molecule has 6 nitrogen and oxygen atoms in total. The second-order valence-corrected chi connectivity index (χ2v) is 5.14. The fourth-order valence-electron chi connectivity index (χ4n) is 1.68. The molecule has 0 aromatic carbocycles. The van der Waals surface area contributed by atoms with Crippen LogP contribution < -0.4 is 14.8 Å². The number of nitrogens with zero attached hydrogens (tertiary/aromatic N) is 3. The fraction of sp³-hybridized carbons (Fsp3) is 0.417. The Hall–Kier alpha value is -1.73. The zero-order chi connectivity index (χ0) is 13.7. The minimum Gasteiger partial charge on any atom is -0.481 e. The Kier molecular flexibility index (Phi) is 4.64. The monoisotopic (exact) mass is 280 g/mol. The van der Waals surface area contributed by atoms with Crippen LogP contribution in [0.25, 0.3) is 0 Å². The van der Waals surface area contributed by atoms with Gasteiger partial charge < -0.3 is 14.8 Å². The lowest BCUT2D eigenvalue weighted by molar-refractivity contribution is 0.359. The second kappa shape index (κ2) is 6.44. The molecule has 1 N–H and O–H groups in total. The molecule has 7 heteroatoms. The topological polar surface area (TPSA) is 69.2 Å². The Morgan fingerprint density at radius 3 is 2.32 bits per heavy atom. The van der Waals surface area contributed by atoms with Crippen molar-refractivity contribution >= 4 is 11.3 Å². The molecule has 19 heavy (non-hydrogen) atoms. The van der Waals surface area contributed by atoms with Crippen LogP contribution in [0.4, 0.5) is 0 Å². The van der Waals surface area contributed by atoms with E-state index in [4.69, 9.17) is 9.47 Å². The zero-order valence-corrected chi connectivity index (χ0v) is 12.0. The summed E-state index contributed by atoms with van der Waals surface area (Å²) >= 11 is 1.68. The Labute approximate surface area is 115 Å². The van der Waals surface area contributed by atoms with E-state index in [1.165, 1.54) is 11.2 Å². The van der Waals surface area contributed by atoms with Crippen LogP contribution in [0.5, 0.6) is 11.8 Å². The Morgan fingerprint density at radius 1 is 1.11 bits per heavy atom. The minimum absolute atomic E-state index is 0.528. The summed E-state index contributed by atoms with van der Waals surface area (Å²) in [6, 6.07) is 0. The van der Waals surface area contributed by atoms with Gasteiger partial charge in [-0.3, -0.25) is 0 Å². The van der Waals surface area contributed by atoms with E-state index in [0.29, 0.717) is 18.3 Å². The van der Waals surface area contributed by atoms with E-state index in [-0.39, 0.29) is 0 Å². The van der Waals surface area contributed by atoms with Gasteiger partial charge in [-0.05, 0) is 6.92 Å². The van der Waals surface area contributed by atoms with E-state index in [2.05, 4.69) is 20.3 Å². The van der Waals surface area contributed by atoms with Gasteiger partial charge in [-0.1, -0.05) is 0 Å². The summed E-state index contributed by atoms with van der Waals surface area (Å²) in [4.78, 5) is 13.5. The first-order chi connectivity index (χ1) is 9.24. The summed E-state index contributed by atoms with van der Waals surface area (Å²) in [6.45, 7) is 3.31. The predicted octanol–water partition coefficient (Wildman–Crippen LogP) is 1.55. The highest BCUT2D eigenvalue weighted by Gasteiger charge is 2.12. The highest BCUT2D eigenvalue weighted by atomic mass is 32.1. The molecule has 0 spiro atoms. The molecule has 0 fully saturated rings. The molecule has 0 atom stereocenters. The van der Waals surface area contributed by atoms with Crippen molar-refractivity contribution in [2.24, 2.45) is 0 Å². The van der Waals surface area contributed by atoms with Gasteiger partial charge in [0, 0.05) is 24.2 Å². The molecule has 0 saturated carbocycles. The van der Waals surface area contributed by atoms with Crippen LogP contribution in [-0.4, -0.2) is 29.2 Å². The van der Waals surface area contributed by atoms with Crippen molar-refractivity contribution in [3.8, 4) is 11.8 Å². The Balaban J connectivity index is 2.02. The van der Waals surface area contributed by atoms with Crippen molar-refractivity contribution in [2.75, 3.05) is 14.2 Å². The number of rotatable bonds is 6. The summed E-state index contributed by atoms with van der Waals surface area (Å²) in [7, 11) is 3.16. The number of methoxy groups -OCH3 is 2. The standard InChI is InChI=1S/C12H16N4O2S/c1-8-14-5-9(19-8)4-13-6-10-11(17-2)15-7-16-12(10)18-3/h5,7,13H,4,6H2,1-3H3. The third-order valence-electron chi connectivity index (χ3n) is 2.52. The van der Waals surface area contributed by atoms with Crippen LogP contribution in [0, 0.1) is 6.92 Å². The summed E-state index contributed by atoms with van der Waals surface area (Å²) in [6.07, 6.45) is 3.30. The lowest BCUT2D eigenvalue weighted by Gasteiger charge is -2.11. The van der Waals surface area contributed by atoms with Gasteiger partial charge in [-0.25, -0.2) is 15.0 Å². The van der Waals surface area contributed by atoms with Crippen LogP contribution in [0.1, 0.15) is 15.4 Å². The molecule has 0 aliphatic heterocycles. The van der Waals surface area contributed by atoms with Crippen LogP contribution in [0.15, 0.2) is 12.5 Å². The molecule has 0 amide bonds. The van der Waals surface area contributed by atoms with E-state index < -0.39 is 0 Å². The summed E-state index contributed by atoms with van der Waals surface area (Å²) in [5.74, 6) is 1.06. The molecule has 102 valence electrons. The average Bonchev–Trinajstić information content (AvgIpc) is 2.84. The van der Waals surface area contributed by atoms with E-state index in [0.717, 1.165) is 17.1 Å². The van der Waals surface area contributed by atoms with Gasteiger partial charge >= 0.3 is 0 Å². The van der Waals surface area contributed by atoms with E-state index >= 15 is 0 Å². The second-order valence-electron chi connectivity index (χ2n) is 3.82. The summed E-state index contributed by atoms with van der Waals surface area (Å²) < 4.78 is 10.4. The van der Waals surface area contributed by atoms with Gasteiger partial charge in [0.1, 0.15) is 6.33 Å². The van der Waals surface area contributed by atoms with E-state index in [9.17, 15) is 0 Å². The SMILES string of the molecule is COc1ncnc(OC)c1CNCc1cnc(C)s1. The molecule has 0 saturated heterocycles. The summed E-state index contributed by atoms with van der Waals surface area (Å²) in [5, 5.41) is 4.38. The lowest BCUT2D eigenvalue weighted by Crippen LogP contribution is -2.14. The quantitative estimate of drug-likeness (QED) is 0.865. The van der Waals surface area contributed by atoms with Crippen molar-refractivity contribution in [2.45, 2.75) is 20.0 Å².